The summed E-state index contributed by atoms with van der Waals surface area (Å²) in [6.07, 6.45) is 29.2. The molecule has 0 spiro atoms. The smallest absolute Gasteiger partial charge is 0.102 e. The van der Waals surface area contributed by atoms with Gasteiger partial charge in [0.05, 0.1) is 72.2 Å². The van der Waals surface area contributed by atoms with E-state index in [1.165, 1.54) is 77.0 Å². The lowest BCUT2D eigenvalue weighted by atomic mass is 9.42. The second kappa shape index (κ2) is 19.1. The Labute approximate surface area is 420 Å². The SMILES string of the molecule is CC[C@]12CC[C@](O)(COC)C[C@H]1CC[C@H]1[C@@H]3CC[C@H]([C@@](C)(O)Cn4cc(C#N)cn4)[C@@]3(C)CC[C@@H]12.CC[C@]12CC[C@](O)(COC)C[C@H]1CC[C@H]1[C@@H]3CC[C@H]([C@](C)(O)Cn4cc(C#N)cn4)[C@@]3(C)CC[C@@H]12. The van der Waals surface area contributed by atoms with E-state index in [2.05, 4.69) is 50.0 Å². The average Bonchev–Trinajstić information content (AvgIpc) is 4.14. The summed E-state index contributed by atoms with van der Waals surface area (Å²) in [6, 6.07) is 4.29. The van der Waals surface area contributed by atoms with Crippen LogP contribution in [0, 0.1) is 104 Å². The van der Waals surface area contributed by atoms with E-state index in [0.717, 1.165) is 75.0 Å². The number of hydrogen-bond acceptors (Lipinski definition) is 10. The Morgan fingerprint density at radius 3 is 1.34 bits per heavy atom. The molecule has 8 fully saturated rings. The van der Waals surface area contributed by atoms with Crippen LogP contribution in [0.5, 0.6) is 0 Å². The van der Waals surface area contributed by atoms with Crippen LogP contribution < -0.4 is 0 Å². The fourth-order valence-corrected chi connectivity index (χ4v) is 20.4. The maximum absolute atomic E-state index is 11.8. The van der Waals surface area contributed by atoms with E-state index < -0.39 is 22.4 Å². The monoisotopic (exact) mass is 967 g/mol. The third-order valence-corrected chi connectivity index (χ3v) is 23.2. The highest BCUT2D eigenvalue weighted by molar-refractivity contribution is 5.23. The van der Waals surface area contributed by atoms with Crippen LogP contribution in [0.1, 0.15) is 181 Å². The maximum atomic E-state index is 11.8. The second-order valence-electron chi connectivity index (χ2n) is 26.3. The van der Waals surface area contributed by atoms with Crippen molar-refractivity contribution in [1.29, 1.82) is 10.5 Å². The fourth-order valence-electron chi connectivity index (χ4n) is 20.4. The number of methoxy groups -OCH3 is 2. The zero-order valence-corrected chi connectivity index (χ0v) is 44.3. The Balaban J connectivity index is 0.000000174. The lowest BCUT2D eigenvalue weighted by molar-refractivity contribution is -0.177. The van der Waals surface area contributed by atoms with Crippen molar-refractivity contribution in [3.05, 3.63) is 35.9 Å². The van der Waals surface area contributed by atoms with Crippen molar-refractivity contribution in [1.82, 2.24) is 19.6 Å². The Morgan fingerprint density at radius 1 is 0.600 bits per heavy atom. The van der Waals surface area contributed by atoms with Crippen molar-refractivity contribution >= 4 is 0 Å². The van der Waals surface area contributed by atoms with Gasteiger partial charge in [0, 0.05) is 26.6 Å². The molecule has 8 aliphatic carbocycles. The third kappa shape index (κ3) is 8.74. The van der Waals surface area contributed by atoms with E-state index in [-0.39, 0.29) is 22.7 Å². The van der Waals surface area contributed by atoms with Gasteiger partial charge in [-0.15, -0.1) is 0 Å². The summed E-state index contributed by atoms with van der Waals surface area (Å²) < 4.78 is 14.3. The predicted molar refractivity (Wildman–Crippen MR) is 268 cm³/mol. The lowest BCUT2D eigenvalue weighted by Crippen LogP contribution is -2.58. The molecule has 8 aliphatic rings. The first-order chi connectivity index (χ1) is 33.2. The Kier molecular flexibility index (Phi) is 14.2. The summed E-state index contributed by atoms with van der Waals surface area (Å²) in [4.78, 5) is 0. The number of nitrogens with zero attached hydrogens (tertiary/aromatic N) is 6. The molecule has 0 radical (unpaired) electrons. The molecular weight excluding hydrogens is 877 g/mol. The topological polar surface area (TPSA) is 183 Å². The van der Waals surface area contributed by atoms with Crippen molar-refractivity contribution in [3.63, 3.8) is 0 Å². The first-order valence-corrected chi connectivity index (χ1v) is 27.9. The van der Waals surface area contributed by atoms with Crippen LogP contribution in [-0.4, -0.2) is 89.8 Å². The molecule has 12 nitrogen and oxygen atoms in total. The minimum absolute atomic E-state index is 0.142. The summed E-state index contributed by atoms with van der Waals surface area (Å²) in [6.45, 7) is 15.5. The van der Waals surface area contributed by atoms with Gasteiger partial charge in [-0.3, -0.25) is 9.36 Å². The molecule has 2 heterocycles. The molecule has 388 valence electrons. The van der Waals surface area contributed by atoms with E-state index in [1.54, 1.807) is 48.4 Å². The summed E-state index contributed by atoms with van der Waals surface area (Å²) in [5.41, 5.74) is -0.918. The molecule has 18 atom stereocenters. The highest BCUT2D eigenvalue weighted by Gasteiger charge is 2.66. The Hall–Kier alpha value is -2.84. The minimum atomic E-state index is -0.851. The van der Waals surface area contributed by atoms with Crippen molar-refractivity contribution in [2.24, 2.45) is 80.8 Å². The molecule has 0 aliphatic heterocycles. The van der Waals surface area contributed by atoms with Gasteiger partial charge in [-0.25, -0.2) is 0 Å². The zero-order valence-electron chi connectivity index (χ0n) is 44.3. The lowest BCUT2D eigenvalue weighted by Gasteiger charge is -2.63. The summed E-state index contributed by atoms with van der Waals surface area (Å²) in [5, 5.41) is 72.9. The van der Waals surface area contributed by atoms with Gasteiger partial charge >= 0.3 is 0 Å². The van der Waals surface area contributed by atoms with Gasteiger partial charge in [-0.2, -0.15) is 20.7 Å². The van der Waals surface area contributed by atoms with Gasteiger partial charge in [0.2, 0.25) is 0 Å². The van der Waals surface area contributed by atoms with E-state index in [0.29, 0.717) is 71.9 Å². The maximum Gasteiger partial charge on any atom is 0.102 e. The first-order valence-electron chi connectivity index (χ1n) is 27.9. The normalized spacial score (nSPS) is 44.5. The zero-order chi connectivity index (χ0) is 50.1. The van der Waals surface area contributed by atoms with Crippen LogP contribution in [-0.2, 0) is 22.6 Å². The molecule has 12 heteroatoms. The van der Waals surface area contributed by atoms with Crippen molar-refractivity contribution < 1.29 is 29.9 Å². The molecule has 8 saturated carbocycles. The third-order valence-electron chi connectivity index (χ3n) is 23.2. The molecular formula is C58H90N6O6. The molecule has 2 aromatic heterocycles. The molecule has 2 aromatic rings. The van der Waals surface area contributed by atoms with Crippen LogP contribution in [0.3, 0.4) is 0 Å². The quantitative estimate of drug-likeness (QED) is 0.160. The largest absolute Gasteiger partial charge is 0.388 e. The number of rotatable bonds is 12. The Morgan fingerprint density at radius 2 is 1.00 bits per heavy atom. The van der Waals surface area contributed by atoms with Gasteiger partial charge in [-0.1, -0.05) is 27.7 Å². The minimum Gasteiger partial charge on any atom is -0.388 e. The van der Waals surface area contributed by atoms with E-state index >= 15 is 0 Å². The second-order valence-corrected chi connectivity index (χ2v) is 26.3. The highest BCUT2D eigenvalue weighted by Crippen LogP contribution is 2.72. The van der Waals surface area contributed by atoms with Gasteiger partial charge in [0.15, 0.2) is 0 Å². The predicted octanol–water partition coefficient (Wildman–Crippen LogP) is 9.86. The number of aromatic nitrogens is 4. The van der Waals surface area contributed by atoms with Crippen LogP contribution in [0.2, 0.25) is 0 Å². The highest BCUT2D eigenvalue weighted by atomic mass is 16.5. The fraction of sp³-hybridized carbons (Fsp3) is 0.862. The Bertz CT molecular complexity index is 2090. The summed E-state index contributed by atoms with van der Waals surface area (Å²) in [5.74, 6) is 5.94. The first kappa shape index (κ1) is 52.0. The van der Waals surface area contributed by atoms with Crippen molar-refractivity contribution in [3.8, 4) is 12.1 Å². The molecule has 0 amide bonds. The molecule has 4 N–H and O–H groups in total. The molecule has 0 aromatic carbocycles. The number of fused-ring (bicyclic) bond motifs is 10. The van der Waals surface area contributed by atoms with Gasteiger partial charge in [0.1, 0.15) is 12.1 Å². The van der Waals surface area contributed by atoms with Crippen molar-refractivity contribution in [2.75, 3.05) is 27.4 Å². The van der Waals surface area contributed by atoms with E-state index in [1.807, 2.05) is 13.8 Å². The molecule has 10 rings (SSSR count). The molecule has 0 unspecified atom stereocenters. The number of hydrogen-bond donors (Lipinski definition) is 4. The number of ether oxygens (including phenoxy) is 2. The van der Waals surface area contributed by atoms with Gasteiger partial charge < -0.3 is 29.9 Å². The van der Waals surface area contributed by atoms with Crippen LogP contribution in [0.25, 0.3) is 0 Å². The van der Waals surface area contributed by atoms with Crippen LogP contribution >= 0.6 is 0 Å². The van der Waals surface area contributed by atoms with Gasteiger partial charge in [0.25, 0.3) is 0 Å². The van der Waals surface area contributed by atoms with Crippen LogP contribution in [0.15, 0.2) is 24.8 Å². The number of aliphatic hydroxyl groups is 4. The molecule has 0 bridgehead atoms. The van der Waals surface area contributed by atoms with Crippen molar-refractivity contribution in [2.45, 2.75) is 205 Å². The van der Waals surface area contributed by atoms with Crippen LogP contribution in [0.4, 0.5) is 0 Å². The van der Waals surface area contributed by atoms with E-state index in [4.69, 9.17) is 20.0 Å². The molecule has 70 heavy (non-hydrogen) atoms. The average molecular weight is 967 g/mol. The molecule has 0 saturated heterocycles. The van der Waals surface area contributed by atoms with E-state index in [9.17, 15) is 20.4 Å². The number of nitriles is 2. The van der Waals surface area contributed by atoms with Gasteiger partial charge in [-0.05, 0) is 223 Å². The summed E-state index contributed by atoms with van der Waals surface area (Å²) >= 11 is 0. The summed E-state index contributed by atoms with van der Waals surface area (Å²) in [7, 11) is 3.41. The standard InChI is InChI=1S/2C29H45N3O3/c2*1-5-29-13-12-28(34,19-35-4)14-21(29)6-7-22-23-8-9-25(26(23,2)11-10-24(22)29)27(3,33)18-32-17-20(15-30)16-31-32/h2*16-17,21-25,33-34H,5-14,18-19H2,1-4H3/t21-,22+,23+,24+,25+,26+,27+,28-,29+;21-,22+,23+,24+,25+,26+,27-,28-,29+/m11/s1.